The van der Waals surface area contributed by atoms with Crippen molar-refractivity contribution in [1.29, 1.82) is 5.26 Å². The van der Waals surface area contributed by atoms with Crippen molar-refractivity contribution in [2.45, 2.75) is 17.9 Å². The molecule has 1 fully saturated rings. The van der Waals surface area contributed by atoms with E-state index >= 15 is 0 Å². The molecule has 1 N–H and O–H groups in total. The number of benzene rings is 1. The van der Waals surface area contributed by atoms with Gasteiger partial charge in [0.25, 0.3) is 0 Å². The summed E-state index contributed by atoms with van der Waals surface area (Å²) in [7, 11) is -3.50. The molecule has 1 aromatic rings. The predicted octanol–water partition coefficient (Wildman–Crippen LogP) is 0.152. The summed E-state index contributed by atoms with van der Waals surface area (Å²) in [6.45, 7) is 3.11. The fourth-order valence-corrected chi connectivity index (χ4v) is 3.51. The Morgan fingerprint density at radius 2 is 2.24 bits per heavy atom. The van der Waals surface area contributed by atoms with Crippen molar-refractivity contribution in [2.75, 3.05) is 25.4 Å². The Balaban J connectivity index is 2.08. The lowest BCUT2D eigenvalue weighted by Gasteiger charge is -2.31. The summed E-state index contributed by atoms with van der Waals surface area (Å²) in [5, 5.41) is 11.8. The maximum absolute atomic E-state index is 12.3. The Kier molecular flexibility index (Phi) is 4.60. The van der Waals surface area contributed by atoms with E-state index in [0.29, 0.717) is 18.7 Å². The molecule has 1 amide bonds. The lowest BCUT2D eigenvalue weighted by molar-refractivity contribution is -0.134. The highest BCUT2D eigenvalue weighted by molar-refractivity contribution is 7.91. The van der Waals surface area contributed by atoms with Crippen molar-refractivity contribution in [1.82, 2.24) is 10.2 Å². The van der Waals surface area contributed by atoms with E-state index in [9.17, 15) is 13.2 Å². The Labute approximate surface area is 124 Å². The quantitative estimate of drug-likeness (QED) is 0.855. The predicted molar refractivity (Wildman–Crippen MR) is 77.3 cm³/mol. The monoisotopic (exact) mass is 307 g/mol. The van der Waals surface area contributed by atoms with E-state index in [0.717, 1.165) is 0 Å². The number of sulfone groups is 1. The third kappa shape index (κ3) is 3.60. The van der Waals surface area contributed by atoms with E-state index in [1.54, 1.807) is 24.0 Å². The summed E-state index contributed by atoms with van der Waals surface area (Å²) in [6.07, 6.45) is 0. The van der Waals surface area contributed by atoms with Crippen molar-refractivity contribution >= 4 is 15.7 Å². The van der Waals surface area contributed by atoms with E-state index in [4.69, 9.17) is 5.26 Å². The first kappa shape index (κ1) is 15.5. The molecular formula is C14H17N3O3S. The standard InChI is InChI=1S/C14H17N3O3S/c1-11-14(18)17(6-5-16-11)7-8-21(19,20)13-4-2-3-12(9-13)10-15/h2-4,9,11,16H,5-8H2,1H3. The number of carbonyl (C=O) groups excluding carboxylic acids is 1. The highest BCUT2D eigenvalue weighted by Gasteiger charge is 2.26. The number of carbonyl (C=O) groups is 1. The summed E-state index contributed by atoms with van der Waals surface area (Å²) < 4.78 is 24.5. The minimum absolute atomic E-state index is 0.0813. The highest BCUT2D eigenvalue weighted by atomic mass is 32.2. The van der Waals surface area contributed by atoms with Crippen molar-refractivity contribution < 1.29 is 13.2 Å². The zero-order valence-corrected chi connectivity index (χ0v) is 12.6. The molecule has 1 aromatic carbocycles. The van der Waals surface area contributed by atoms with E-state index in [1.165, 1.54) is 12.1 Å². The zero-order valence-electron chi connectivity index (χ0n) is 11.7. The van der Waals surface area contributed by atoms with Crippen LogP contribution in [0.5, 0.6) is 0 Å². The van der Waals surface area contributed by atoms with Crippen molar-refractivity contribution in [3.05, 3.63) is 29.8 Å². The first-order valence-corrected chi connectivity index (χ1v) is 8.34. The second kappa shape index (κ2) is 6.24. The van der Waals surface area contributed by atoms with Crippen molar-refractivity contribution in [3.63, 3.8) is 0 Å². The van der Waals surface area contributed by atoms with Crippen LogP contribution in [0.2, 0.25) is 0 Å². The smallest absolute Gasteiger partial charge is 0.239 e. The van der Waals surface area contributed by atoms with Gasteiger partial charge in [-0.2, -0.15) is 5.26 Å². The van der Waals surface area contributed by atoms with Crippen molar-refractivity contribution in [2.24, 2.45) is 0 Å². The van der Waals surface area contributed by atoms with Crippen LogP contribution in [0.25, 0.3) is 0 Å². The summed E-state index contributed by atoms with van der Waals surface area (Å²) >= 11 is 0. The van der Waals surface area contributed by atoms with Crippen LogP contribution in [0.1, 0.15) is 12.5 Å². The van der Waals surface area contributed by atoms with Gasteiger partial charge in [0.15, 0.2) is 9.84 Å². The number of hydrogen-bond acceptors (Lipinski definition) is 5. The molecule has 0 aromatic heterocycles. The van der Waals surface area contributed by atoms with Gasteiger partial charge in [-0.1, -0.05) is 6.07 Å². The van der Waals surface area contributed by atoms with E-state index in [1.807, 2.05) is 6.07 Å². The highest BCUT2D eigenvalue weighted by Crippen LogP contribution is 2.13. The molecule has 2 rings (SSSR count). The van der Waals surface area contributed by atoms with Crippen LogP contribution in [0.4, 0.5) is 0 Å². The summed E-state index contributed by atoms with van der Waals surface area (Å²) in [5.41, 5.74) is 0.308. The maximum atomic E-state index is 12.3. The average molecular weight is 307 g/mol. The Morgan fingerprint density at radius 1 is 1.48 bits per heavy atom. The van der Waals surface area contributed by atoms with Gasteiger partial charge in [0.1, 0.15) is 0 Å². The van der Waals surface area contributed by atoms with Crippen LogP contribution >= 0.6 is 0 Å². The maximum Gasteiger partial charge on any atom is 0.239 e. The third-order valence-electron chi connectivity index (χ3n) is 3.47. The molecule has 1 atom stereocenters. The van der Waals surface area contributed by atoms with E-state index < -0.39 is 9.84 Å². The molecule has 0 radical (unpaired) electrons. The number of amides is 1. The van der Waals surface area contributed by atoms with Gasteiger partial charge >= 0.3 is 0 Å². The molecule has 0 bridgehead atoms. The van der Waals surface area contributed by atoms with Crippen LogP contribution in [0.3, 0.4) is 0 Å². The van der Waals surface area contributed by atoms with Gasteiger partial charge in [-0.3, -0.25) is 4.79 Å². The first-order chi connectivity index (χ1) is 9.94. The molecule has 0 saturated carbocycles. The minimum Gasteiger partial charge on any atom is -0.339 e. The Bertz CT molecular complexity index is 679. The van der Waals surface area contributed by atoms with Gasteiger partial charge in [-0.25, -0.2) is 8.42 Å². The van der Waals surface area contributed by atoms with Gasteiger partial charge < -0.3 is 10.2 Å². The van der Waals surface area contributed by atoms with Crippen LogP contribution in [0.15, 0.2) is 29.2 Å². The third-order valence-corrected chi connectivity index (χ3v) is 5.16. The van der Waals surface area contributed by atoms with Gasteiger partial charge in [-0.05, 0) is 25.1 Å². The number of hydrogen-bond donors (Lipinski definition) is 1. The number of rotatable bonds is 4. The molecule has 0 spiro atoms. The number of nitrogens with zero attached hydrogens (tertiary/aromatic N) is 2. The fraction of sp³-hybridized carbons (Fsp3) is 0.429. The summed E-state index contributed by atoms with van der Waals surface area (Å²) in [5.74, 6) is -0.220. The minimum atomic E-state index is -3.50. The topological polar surface area (TPSA) is 90.3 Å². The zero-order chi connectivity index (χ0) is 15.5. The molecule has 6 nitrogen and oxygen atoms in total. The van der Waals surface area contributed by atoms with Crippen LogP contribution in [-0.4, -0.2) is 50.7 Å². The molecule has 1 unspecified atom stereocenters. The molecule has 1 heterocycles. The van der Waals surface area contributed by atoms with Gasteiger partial charge in [0, 0.05) is 19.6 Å². The van der Waals surface area contributed by atoms with Crippen molar-refractivity contribution in [3.8, 4) is 6.07 Å². The molecule has 7 heteroatoms. The van der Waals surface area contributed by atoms with E-state index in [2.05, 4.69) is 5.32 Å². The largest absolute Gasteiger partial charge is 0.339 e. The van der Waals surface area contributed by atoms with E-state index in [-0.39, 0.29) is 29.1 Å². The SMILES string of the molecule is CC1NCCN(CCS(=O)(=O)c2cccc(C#N)c2)C1=O. The molecule has 112 valence electrons. The first-order valence-electron chi connectivity index (χ1n) is 6.69. The molecule has 21 heavy (non-hydrogen) atoms. The second-order valence-corrected chi connectivity index (χ2v) is 7.07. The fourth-order valence-electron chi connectivity index (χ4n) is 2.22. The van der Waals surface area contributed by atoms with Gasteiger partial charge in [0.05, 0.1) is 28.3 Å². The number of piperazine rings is 1. The Hall–Kier alpha value is -1.91. The normalized spacial score (nSPS) is 19.3. The lowest BCUT2D eigenvalue weighted by atomic mass is 10.2. The van der Waals surface area contributed by atoms with Crippen LogP contribution < -0.4 is 5.32 Å². The van der Waals surface area contributed by atoms with Crippen LogP contribution in [-0.2, 0) is 14.6 Å². The summed E-state index contributed by atoms with van der Waals surface area (Å²) in [4.78, 5) is 13.6. The van der Waals surface area contributed by atoms with Crippen LogP contribution in [0, 0.1) is 11.3 Å². The lowest BCUT2D eigenvalue weighted by Crippen LogP contribution is -2.54. The molecular weight excluding hydrogens is 290 g/mol. The molecule has 1 aliphatic rings. The number of nitriles is 1. The van der Waals surface area contributed by atoms with Gasteiger partial charge in [-0.15, -0.1) is 0 Å². The average Bonchev–Trinajstić information content (AvgIpc) is 2.49. The molecule has 0 aliphatic carbocycles. The molecule has 1 saturated heterocycles. The molecule has 1 aliphatic heterocycles. The van der Waals surface area contributed by atoms with Gasteiger partial charge in [0.2, 0.25) is 5.91 Å². The second-order valence-electron chi connectivity index (χ2n) is 4.96. The number of nitrogens with one attached hydrogen (secondary N) is 1. The summed E-state index contributed by atoms with van der Waals surface area (Å²) in [6, 6.07) is 7.58. The Morgan fingerprint density at radius 3 is 2.95 bits per heavy atom.